The number of hydrogen-bond acceptors (Lipinski definition) is 8. The zero-order valence-electron chi connectivity index (χ0n) is 33.6. The van der Waals surface area contributed by atoms with Crippen LogP contribution in [0.1, 0.15) is 190 Å². The smallest absolute Gasteiger partial charge is 0.307 e. The highest BCUT2D eigenvalue weighted by Crippen LogP contribution is 2.40. The van der Waals surface area contributed by atoms with Crippen molar-refractivity contribution in [1.29, 1.82) is 0 Å². The molecule has 0 aromatic heterocycles. The quantitative estimate of drug-likeness (QED) is 0.0336. The summed E-state index contributed by atoms with van der Waals surface area (Å²) >= 11 is 0. The molecule has 0 spiro atoms. The third-order valence-corrected chi connectivity index (χ3v) is 11.8. The number of esters is 2. The molecular weight excluding hydrogens is 717 g/mol. The average molecular weight is 785 g/mol. The van der Waals surface area contributed by atoms with Crippen LogP contribution in [0.4, 0.5) is 0 Å². The van der Waals surface area contributed by atoms with E-state index in [1.807, 2.05) is 38.1 Å². The van der Waals surface area contributed by atoms with E-state index in [-0.39, 0.29) is 23.8 Å². The van der Waals surface area contributed by atoms with Gasteiger partial charge < -0.3 is 20.1 Å². The Morgan fingerprint density at radius 3 is 1.13 bits per heavy atom. The number of benzene rings is 2. The number of nitrogens with one attached hydrogen (secondary N) is 2. The van der Waals surface area contributed by atoms with Crippen molar-refractivity contribution >= 4 is 45.3 Å². The molecule has 2 amide bonds. The van der Waals surface area contributed by atoms with Crippen molar-refractivity contribution in [3.05, 3.63) is 59.7 Å². The van der Waals surface area contributed by atoms with Crippen molar-refractivity contribution in [2.24, 2.45) is 0 Å². The molecule has 2 aromatic rings. The van der Waals surface area contributed by atoms with Gasteiger partial charge in [0.25, 0.3) is 11.8 Å². The molecule has 2 unspecified atom stereocenters. The predicted molar refractivity (Wildman–Crippen MR) is 224 cm³/mol. The van der Waals surface area contributed by atoms with E-state index in [1.54, 1.807) is 24.3 Å². The largest absolute Gasteiger partial charge is 0.442 e. The van der Waals surface area contributed by atoms with Crippen LogP contribution in [0.25, 0.3) is 0 Å². The van der Waals surface area contributed by atoms with E-state index in [4.69, 9.17) is 9.47 Å². The Morgan fingerprint density at radius 1 is 0.481 bits per heavy atom. The minimum absolute atomic E-state index is 0.294. The first kappa shape index (κ1) is 47.2. The van der Waals surface area contributed by atoms with Crippen molar-refractivity contribution in [3.63, 3.8) is 0 Å². The molecule has 0 bridgehead atoms. The van der Waals surface area contributed by atoms with E-state index in [0.717, 1.165) is 38.5 Å². The first-order valence-electron chi connectivity index (χ1n) is 20.9. The molecule has 0 heterocycles. The van der Waals surface area contributed by atoms with E-state index in [2.05, 4.69) is 24.5 Å². The minimum atomic E-state index is -0.718. The normalized spacial score (nSPS) is 12.1. The van der Waals surface area contributed by atoms with E-state index in [1.165, 1.54) is 98.6 Å². The lowest BCUT2D eigenvalue weighted by atomic mass is 10.1. The van der Waals surface area contributed by atoms with Crippen LogP contribution in [0.3, 0.4) is 0 Å². The number of rotatable bonds is 31. The lowest BCUT2D eigenvalue weighted by Gasteiger charge is -2.19. The second kappa shape index (κ2) is 30.3. The average Bonchev–Trinajstić information content (AvgIpc) is 3.18. The molecular formula is C44H68N2O6S2. The van der Waals surface area contributed by atoms with Crippen LogP contribution in [-0.4, -0.2) is 36.2 Å². The molecule has 0 saturated heterocycles. The third-order valence-electron chi connectivity index (χ3n) is 9.33. The van der Waals surface area contributed by atoms with Crippen LogP contribution in [0.5, 0.6) is 0 Å². The Kier molecular flexibility index (Phi) is 26.4. The van der Waals surface area contributed by atoms with Crippen molar-refractivity contribution in [1.82, 2.24) is 10.6 Å². The molecule has 0 aliphatic rings. The number of amides is 2. The molecule has 0 radical (unpaired) electrons. The number of ether oxygens (including phenoxy) is 2. The molecule has 0 aliphatic carbocycles. The van der Waals surface area contributed by atoms with Crippen LogP contribution in [0.15, 0.2) is 58.3 Å². The maximum absolute atomic E-state index is 13.4. The Labute approximate surface area is 334 Å². The van der Waals surface area contributed by atoms with Crippen LogP contribution in [0.2, 0.25) is 0 Å². The zero-order valence-corrected chi connectivity index (χ0v) is 35.2. The van der Waals surface area contributed by atoms with Gasteiger partial charge in [-0.3, -0.25) is 19.2 Å². The molecule has 2 atom stereocenters. The summed E-state index contributed by atoms with van der Waals surface area (Å²) in [4.78, 5) is 53.3. The van der Waals surface area contributed by atoms with Gasteiger partial charge in [-0.2, -0.15) is 0 Å². The van der Waals surface area contributed by atoms with Gasteiger partial charge in [0, 0.05) is 35.5 Å². The number of carbonyl (C=O) groups excluding carboxylic acids is 4. The summed E-state index contributed by atoms with van der Waals surface area (Å²) in [6.45, 7) is 8.19. The Hall–Kier alpha value is -2.98. The summed E-state index contributed by atoms with van der Waals surface area (Å²) in [7, 11) is 2.74. The summed E-state index contributed by atoms with van der Waals surface area (Å²) in [6.07, 6.45) is 21.2. The fourth-order valence-electron chi connectivity index (χ4n) is 6.02. The molecule has 8 nitrogen and oxygen atoms in total. The first-order chi connectivity index (χ1) is 26.3. The topological polar surface area (TPSA) is 111 Å². The molecule has 2 aromatic carbocycles. The van der Waals surface area contributed by atoms with E-state index >= 15 is 0 Å². The number of unbranched alkanes of at least 4 members (excludes halogenated alkanes) is 16. The molecule has 0 aliphatic heterocycles. The highest BCUT2D eigenvalue weighted by Gasteiger charge is 2.21. The van der Waals surface area contributed by atoms with Gasteiger partial charge in [-0.1, -0.05) is 176 Å². The minimum Gasteiger partial charge on any atom is -0.442 e. The molecule has 10 heteroatoms. The van der Waals surface area contributed by atoms with Gasteiger partial charge in [-0.15, -0.1) is 0 Å². The lowest BCUT2D eigenvalue weighted by molar-refractivity contribution is -0.151. The van der Waals surface area contributed by atoms with Crippen LogP contribution in [-0.2, 0) is 19.1 Å². The molecule has 54 heavy (non-hydrogen) atoms. The molecule has 2 rings (SSSR count). The Bertz CT molecular complexity index is 1250. The summed E-state index contributed by atoms with van der Waals surface area (Å²) in [6, 6.07) is 14.5. The Balaban J connectivity index is 1.84. The van der Waals surface area contributed by atoms with Crippen LogP contribution < -0.4 is 10.6 Å². The number of hydrogen-bond donors (Lipinski definition) is 2. The van der Waals surface area contributed by atoms with E-state index in [9.17, 15) is 19.2 Å². The van der Waals surface area contributed by atoms with E-state index < -0.39 is 12.5 Å². The summed E-state index contributed by atoms with van der Waals surface area (Å²) < 4.78 is 11.3. The van der Waals surface area contributed by atoms with Gasteiger partial charge in [0.05, 0.1) is 11.1 Å². The zero-order chi connectivity index (χ0) is 39.2. The fourth-order valence-corrected chi connectivity index (χ4v) is 8.38. The highest BCUT2D eigenvalue weighted by molar-refractivity contribution is 8.76. The summed E-state index contributed by atoms with van der Waals surface area (Å²) in [5.74, 6) is -1.25. The molecule has 2 N–H and O–H groups in total. The molecule has 0 fully saturated rings. The predicted octanol–water partition coefficient (Wildman–Crippen LogP) is 12.3. The molecule has 0 saturated carbocycles. The van der Waals surface area contributed by atoms with Gasteiger partial charge in [0.1, 0.15) is 0 Å². The number of carbonyl (C=O) groups is 4. The van der Waals surface area contributed by atoms with E-state index in [0.29, 0.717) is 46.6 Å². The summed E-state index contributed by atoms with van der Waals surface area (Å²) in [5.41, 5.74) is 0.908. The lowest BCUT2D eigenvalue weighted by Crippen LogP contribution is -2.38. The van der Waals surface area contributed by atoms with Crippen LogP contribution >= 0.6 is 21.6 Å². The maximum atomic E-state index is 13.4. The molecule has 302 valence electrons. The first-order valence-corrected chi connectivity index (χ1v) is 23.0. The van der Waals surface area contributed by atoms with Crippen molar-refractivity contribution in [2.75, 3.05) is 0 Å². The monoisotopic (exact) mass is 784 g/mol. The highest BCUT2D eigenvalue weighted by atomic mass is 33.1. The van der Waals surface area contributed by atoms with Gasteiger partial charge in [-0.25, -0.2) is 0 Å². The van der Waals surface area contributed by atoms with Crippen molar-refractivity contribution in [3.8, 4) is 0 Å². The second-order valence-corrected chi connectivity index (χ2v) is 16.2. The SMILES string of the molecule is CCCCCCCCCCCC(=O)OC(CC)NC(=O)c1ccccc1SSc1ccccc1C(=O)NC(CC)OC(=O)CCCCCCCCCCC. The van der Waals surface area contributed by atoms with Gasteiger partial charge in [0.2, 0.25) is 0 Å². The van der Waals surface area contributed by atoms with Crippen molar-refractivity contribution < 1.29 is 28.7 Å². The Morgan fingerprint density at radius 2 is 0.796 bits per heavy atom. The standard InChI is InChI=1S/C44H68N2O6S2/c1-5-9-11-13-15-17-19-21-23-33-41(47)51-39(7-3)45-43(49)35-29-25-27-31-37(35)53-54-38-32-28-26-30-36(38)44(50)46-40(8-4)52-42(48)34-24-22-20-18-16-14-12-10-6-2/h25-32,39-40H,5-24,33-34H2,1-4H3,(H,45,49)(H,46,50). The van der Waals surface area contributed by atoms with Gasteiger partial charge in [-0.05, 0) is 37.1 Å². The third kappa shape index (κ3) is 20.6. The van der Waals surface area contributed by atoms with Crippen LogP contribution in [0, 0.1) is 0 Å². The van der Waals surface area contributed by atoms with Gasteiger partial charge in [0.15, 0.2) is 12.5 Å². The summed E-state index contributed by atoms with van der Waals surface area (Å²) in [5, 5.41) is 5.76. The van der Waals surface area contributed by atoms with Crippen molar-refractivity contribution in [2.45, 2.75) is 191 Å². The maximum Gasteiger partial charge on any atom is 0.307 e. The van der Waals surface area contributed by atoms with Gasteiger partial charge >= 0.3 is 11.9 Å². The fraction of sp³-hybridized carbons (Fsp3) is 0.636. The second-order valence-electron chi connectivity index (χ2n) is 14.0.